The number of anilines is 1. The van der Waals surface area contributed by atoms with Gasteiger partial charge in [0.15, 0.2) is 0 Å². The maximum Gasteiger partial charge on any atom is 0.321 e. The van der Waals surface area contributed by atoms with E-state index in [0.29, 0.717) is 18.0 Å². The highest BCUT2D eigenvalue weighted by Gasteiger charge is 2.38. The number of methoxy groups -OCH3 is 1. The molecule has 1 aromatic heterocycles. The van der Waals surface area contributed by atoms with Gasteiger partial charge in [0, 0.05) is 25.2 Å². The lowest BCUT2D eigenvalue weighted by Gasteiger charge is -2.41. The minimum Gasteiger partial charge on any atom is -0.424 e. The fourth-order valence-electron chi connectivity index (χ4n) is 2.64. The van der Waals surface area contributed by atoms with Gasteiger partial charge in [0.1, 0.15) is 5.75 Å². The van der Waals surface area contributed by atoms with E-state index in [1.54, 1.807) is 49.8 Å². The molecular weight excluding hydrogens is 308 g/mol. The lowest BCUT2D eigenvalue weighted by Crippen LogP contribution is -2.57. The number of rotatable bonds is 6. The summed E-state index contributed by atoms with van der Waals surface area (Å²) in [4.78, 5) is 20.1. The van der Waals surface area contributed by atoms with E-state index < -0.39 is 0 Å². The fraction of sp³-hybridized carbons (Fsp3) is 0.353. The summed E-state index contributed by atoms with van der Waals surface area (Å²) in [7, 11) is 1.65. The van der Waals surface area contributed by atoms with Crippen LogP contribution in [-0.4, -0.2) is 35.3 Å². The van der Waals surface area contributed by atoms with Crippen LogP contribution < -0.4 is 15.4 Å². The number of carbonyl (C=O) groups excluding carboxylic acids is 1. The molecule has 1 heterocycles. The number of benzene rings is 1. The van der Waals surface area contributed by atoms with Crippen molar-refractivity contribution >= 4 is 11.7 Å². The Morgan fingerprint density at radius 3 is 2.50 bits per heavy atom. The monoisotopic (exact) mass is 328 g/mol. The molecule has 7 heteroatoms. The summed E-state index contributed by atoms with van der Waals surface area (Å²) < 4.78 is 10.7. The van der Waals surface area contributed by atoms with Crippen LogP contribution in [0, 0.1) is 0 Å². The van der Waals surface area contributed by atoms with Gasteiger partial charge in [0.2, 0.25) is 0 Å². The highest BCUT2D eigenvalue weighted by atomic mass is 16.5. The summed E-state index contributed by atoms with van der Waals surface area (Å²) in [6.45, 7) is 0.532. The number of ether oxygens (including phenoxy) is 2. The summed E-state index contributed by atoms with van der Waals surface area (Å²) in [6, 6.07) is 8.80. The van der Waals surface area contributed by atoms with Crippen molar-refractivity contribution in [3.8, 4) is 11.8 Å². The second-order valence-corrected chi connectivity index (χ2v) is 5.80. The largest absolute Gasteiger partial charge is 0.424 e. The molecule has 0 unspecified atom stereocenters. The van der Waals surface area contributed by atoms with Crippen LogP contribution in [0.1, 0.15) is 19.3 Å². The van der Waals surface area contributed by atoms with Crippen molar-refractivity contribution in [1.82, 2.24) is 15.3 Å². The lowest BCUT2D eigenvalue weighted by atomic mass is 9.77. The quantitative estimate of drug-likeness (QED) is 0.851. The third kappa shape index (κ3) is 3.99. The maximum atomic E-state index is 12.1. The summed E-state index contributed by atoms with van der Waals surface area (Å²) in [5.74, 6) is 0.599. The van der Waals surface area contributed by atoms with Crippen molar-refractivity contribution in [2.24, 2.45) is 0 Å². The Hall–Kier alpha value is -2.67. The molecule has 2 aromatic rings. The number of amides is 2. The van der Waals surface area contributed by atoms with E-state index in [1.165, 1.54) is 0 Å². The Kier molecular flexibility index (Phi) is 4.90. The average Bonchev–Trinajstić information content (AvgIpc) is 2.56. The molecule has 1 aliphatic carbocycles. The second kappa shape index (κ2) is 7.27. The summed E-state index contributed by atoms with van der Waals surface area (Å²) >= 11 is 0. The van der Waals surface area contributed by atoms with Gasteiger partial charge in [-0.25, -0.2) is 14.8 Å². The minimum absolute atomic E-state index is 0.230. The number of carbonyl (C=O) groups is 1. The van der Waals surface area contributed by atoms with Crippen LogP contribution in [0.3, 0.4) is 0 Å². The predicted molar refractivity (Wildman–Crippen MR) is 89.2 cm³/mol. The van der Waals surface area contributed by atoms with Crippen LogP contribution in [0.25, 0.3) is 0 Å². The zero-order valence-electron chi connectivity index (χ0n) is 13.5. The molecular formula is C17H20N4O3. The topological polar surface area (TPSA) is 85.4 Å². The zero-order valence-corrected chi connectivity index (χ0v) is 13.5. The molecule has 1 aromatic carbocycles. The van der Waals surface area contributed by atoms with Crippen molar-refractivity contribution < 1.29 is 14.3 Å². The van der Waals surface area contributed by atoms with E-state index in [-0.39, 0.29) is 17.6 Å². The number of nitrogens with one attached hydrogen (secondary N) is 2. The third-order valence-electron chi connectivity index (χ3n) is 3.97. The van der Waals surface area contributed by atoms with Crippen LogP contribution in [-0.2, 0) is 4.74 Å². The minimum atomic E-state index is -0.230. The number of hydrogen-bond acceptors (Lipinski definition) is 5. The van der Waals surface area contributed by atoms with Crippen LogP contribution >= 0.6 is 0 Å². The van der Waals surface area contributed by atoms with Gasteiger partial charge in [-0.15, -0.1) is 0 Å². The summed E-state index contributed by atoms with van der Waals surface area (Å²) in [6.07, 6.45) is 6.21. The molecule has 1 aliphatic rings. The smallest absolute Gasteiger partial charge is 0.321 e. The first-order valence-electron chi connectivity index (χ1n) is 7.82. The number of urea groups is 1. The fourth-order valence-corrected chi connectivity index (χ4v) is 2.64. The van der Waals surface area contributed by atoms with Crippen molar-refractivity contribution in [2.45, 2.75) is 24.8 Å². The van der Waals surface area contributed by atoms with Gasteiger partial charge >= 0.3 is 12.0 Å². The van der Waals surface area contributed by atoms with Crippen molar-refractivity contribution in [2.75, 3.05) is 19.0 Å². The number of nitrogens with zero attached hydrogens (tertiary/aromatic N) is 2. The molecule has 1 fully saturated rings. The van der Waals surface area contributed by atoms with Crippen LogP contribution in [0.2, 0.25) is 0 Å². The van der Waals surface area contributed by atoms with Gasteiger partial charge in [-0.1, -0.05) is 0 Å². The normalized spacial score (nSPS) is 15.2. The van der Waals surface area contributed by atoms with Crippen molar-refractivity contribution in [3.63, 3.8) is 0 Å². The molecule has 0 saturated heterocycles. The second-order valence-electron chi connectivity index (χ2n) is 5.80. The molecule has 7 nitrogen and oxygen atoms in total. The first-order chi connectivity index (χ1) is 11.7. The first kappa shape index (κ1) is 16.2. The summed E-state index contributed by atoms with van der Waals surface area (Å²) in [5, 5.41) is 5.83. The van der Waals surface area contributed by atoms with E-state index in [9.17, 15) is 4.79 Å². The van der Waals surface area contributed by atoms with Crippen LogP contribution in [0.4, 0.5) is 10.5 Å². The average molecular weight is 328 g/mol. The molecule has 2 N–H and O–H groups in total. The van der Waals surface area contributed by atoms with Gasteiger partial charge < -0.3 is 20.1 Å². The van der Waals surface area contributed by atoms with E-state index >= 15 is 0 Å². The Morgan fingerprint density at radius 1 is 1.21 bits per heavy atom. The number of aromatic nitrogens is 2. The molecule has 24 heavy (non-hydrogen) atoms. The third-order valence-corrected chi connectivity index (χ3v) is 3.97. The van der Waals surface area contributed by atoms with Crippen LogP contribution in [0.15, 0.2) is 42.7 Å². The maximum absolute atomic E-state index is 12.1. The van der Waals surface area contributed by atoms with Gasteiger partial charge in [0.25, 0.3) is 0 Å². The van der Waals surface area contributed by atoms with Crippen molar-refractivity contribution in [3.05, 3.63) is 42.7 Å². The molecule has 126 valence electrons. The molecule has 3 rings (SSSR count). The number of hydrogen-bond donors (Lipinski definition) is 2. The molecule has 0 radical (unpaired) electrons. The molecule has 0 spiro atoms. The standard InChI is InChI=1S/C17H20N4O3/c1-23-12-17(8-2-9-17)21-15(22)20-13-4-6-14(7-5-13)24-16-18-10-3-11-19-16/h3-7,10-11H,2,8-9,12H2,1H3,(H2,20,21,22). The molecule has 0 atom stereocenters. The van der Waals surface area contributed by atoms with Crippen molar-refractivity contribution in [1.29, 1.82) is 0 Å². The van der Waals surface area contributed by atoms with E-state index in [1.807, 2.05) is 0 Å². The predicted octanol–water partition coefficient (Wildman–Crippen LogP) is 2.96. The first-order valence-corrected chi connectivity index (χ1v) is 7.82. The van der Waals surface area contributed by atoms with Crippen LogP contribution in [0.5, 0.6) is 11.8 Å². The Labute approximate surface area is 140 Å². The van der Waals surface area contributed by atoms with Gasteiger partial charge in [-0.3, -0.25) is 0 Å². The SMILES string of the molecule is COCC1(NC(=O)Nc2ccc(Oc3ncccn3)cc2)CCC1. The summed E-state index contributed by atoms with van der Waals surface area (Å²) in [5.41, 5.74) is 0.452. The highest BCUT2D eigenvalue weighted by Crippen LogP contribution is 2.32. The molecule has 2 amide bonds. The van der Waals surface area contributed by atoms with Gasteiger partial charge in [0.05, 0.1) is 12.1 Å². The Bertz CT molecular complexity index is 672. The Morgan fingerprint density at radius 2 is 1.92 bits per heavy atom. The van der Waals surface area contributed by atoms with Gasteiger partial charge in [-0.2, -0.15) is 0 Å². The van der Waals surface area contributed by atoms with Gasteiger partial charge in [-0.05, 0) is 49.6 Å². The van der Waals surface area contributed by atoms with E-state index in [2.05, 4.69) is 20.6 Å². The zero-order chi connectivity index (χ0) is 16.8. The van der Waals surface area contributed by atoms with E-state index in [4.69, 9.17) is 9.47 Å². The molecule has 0 aliphatic heterocycles. The van der Waals surface area contributed by atoms with E-state index in [0.717, 1.165) is 19.3 Å². The lowest BCUT2D eigenvalue weighted by molar-refractivity contribution is 0.0648. The molecule has 1 saturated carbocycles. The Balaban J connectivity index is 1.55. The highest BCUT2D eigenvalue weighted by molar-refractivity contribution is 5.89. The molecule has 0 bridgehead atoms.